The second-order valence-corrected chi connectivity index (χ2v) is 7.29. The van der Waals surface area contributed by atoms with Gasteiger partial charge in [-0.15, -0.1) is 5.10 Å². The van der Waals surface area contributed by atoms with Crippen LogP contribution >= 0.6 is 15.9 Å². The Balaban J connectivity index is 1.48. The largest absolute Gasteiger partial charge is 0.454 e. The first-order chi connectivity index (χ1) is 14.0. The molecule has 2 heterocycles. The van der Waals surface area contributed by atoms with Crippen molar-refractivity contribution in [2.24, 2.45) is 0 Å². The number of halogens is 1. The van der Waals surface area contributed by atoms with Crippen LogP contribution in [0, 0.1) is 13.8 Å². The molecule has 0 aliphatic heterocycles. The van der Waals surface area contributed by atoms with Crippen molar-refractivity contribution in [3.05, 3.63) is 81.9 Å². The summed E-state index contributed by atoms with van der Waals surface area (Å²) in [5.41, 5.74) is 2.99. The van der Waals surface area contributed by atoms with Gasteiger partial charge < -0.3 is 9.15 Å². The van der Waals surface area contributed by atoms with Gasteiger partial charge in [0.25, 0.3) is 0 Å². The third-order valence-corrected chi connectivity index (χ3v) is 4.94. The van der Waals surface area contributed by atoms with Crippen LogP contribution in [0.3, 0.4) is 0 Å². The van der Waals surface area contributed by atoms with Gasteiger partial charge in [0.1, 0.15) is 18.1 Å². The van der Waals surface area contributed by atoms with Crippen LogP contribution in [0.4, 0.5) is 0 Å². The molecule has 0 fully saturated rings. The van der Waals surface area contributed by atoms with E-state index in [1.807, 2.05) is 54.6 Å². The maximum absolute atomic E-state index is 12.5. The lowest BCUT2D eigenvalue weighted by Gasteiger charge is -2.04. The van der Waals surface area contributed by atoms with Crippen LogP contribution in [0.25, 0.3) is 17.1 Å². The van der Waals surface area contributed by atoms with Gasteiger partial charge in [0.2, 0.25) is 5.89 Å². The second kappa shape index (κ2) is 8.00. The first-order valence-corrected chi connectivity index (χ1v) is 9.69. The zero-order chi connectivity index (χ0) is 20.4. The van der Waals surface area contributed by atoms with Gasteiger partial charge in [0.05, 0.1) is 11.4 Å². The van der Waals surface area contributed by atoms with Gasteiger partial charge in [-0.3, -0.25) is 0 Å². The minimum Gasteiger partial charge on any atom is -0.454 e. The fourth-order valence-corrected chi connectivity index (χ4v) is 3.08. The van der Waals surface area contributed by atoms with Gasteiger partial charge in [-0.25, -0.2) is 14.5 Å². The number of carbonyl (C=O) groups is 1. The minimum absolute atomic E-state index is 0.00835. The number of hydrogen-bond acceptors (Lipinski definition) is 6. The summed E-state index contributed by atoms with van der Waals surface area (Å²) in [4.78, 5) is 17.0. The molecule has 2 aromatic heterocycles. The van der Waals surface area contributed by atoms with Gasteiger partial charge >= 0.3 is 5.97 Å². The highest BCUT2D eigenvalue weighted by Gasteiger charge is 2.20. The van der Waals surface area contributed by atoms with E-state index in [-0.39, 0.29) is 12.3 Å². The number of carbonyl (C=O) groups excluding carboxylic acids is 1. The standard InChI is InChI=1S/C21H17BrN4O3/c1-13-19(24-25-26(13)17-10-8-16(22)9-11-17)21(27)28-12-18-14(2)29-20(23-18)15-6-4-3-5-7-15/h3-11H,12H2,1-2H3. The first-order valence-electron chi connectivity index (χ1n) is 8.90. The normalized spacial score (nSPS) is 10.9. The number of ether oxygens (including phenoxy) is 1. The average Bonchev–Trinajstić information content (AvgIpc) is 3.30. The lowest BCUT2D eigenvalue weighted by Crippen LogP contribution is -2.09. The zero-order valence-electron chi connectivity index (χ0n) is 15.8. The third-order valence-electron chi connectivity index (χ3n) is 4.41. The van der Waals surface area contributed by atoms with Gasteiger partial charge in [-0.2, -0.15) is 0 Å². The predicted molar refractivity (Wildman–Crippen MR) is 110 cm³/mol. The van der Waals surface area contributed by atoms with Crippen LogP contribution < -0.4 is 0 Å². The zero-order valence-corrected chi connectivity index (χ0v) is 17.4. The molecule has 0 aliphatic rings. The summed E-state index contributed by atoms with van der Waals surface area (Å²) >= 11 is 3.40. The van der Waals surface area contributed by atoms with E-state index in [9.17, 15) is 4.79 Å². The number of esters is 1. The Bertz CT molecular complexity index is 1150. The second-order valence-electron chi connectivity index (χ2n) is 6.38. The third kappa shape index (κ3) is 3.97. The first kappa shape index (κ1) is 19.1. The smallest absolute Gasteiger partial charge is 0.361 e. The highest BCUT2D eigenvalue weighted by atomic mass is 79.9. The Labute approximate surface area is 175 Å². The molecule has 146 valence electrons. The predicted octanol–water partition coefficient (Wildman–Crippen LogP) is 4.66. The number of benzene rings is 2. The minimum atomic E-state index is -0.561. The Morgan fingerprint density at radius 2 is 1.83 bits per heavy atom. The molecule has 0 radical (unpaired) electrons. The van der Waals surface area contributed by atoms with Gasteiger partial charge in [0, 0.05) is 10.0 Å². The molecule has 29 heavy (non-hydrogen) atoms. The Hall–Kier alpha value is -3.26. The lowest BCUT2D eigenvalue weighted by atomic mass is 10.2. The topological polar surface area (TPSA) is 83.0 Å². The molecule has 0 spiro atoms. The number of hydrogen-bond donors (Lipinski definition) is 0. The summed E-state index contributed by atoms with van der Waals surface area (Å²) in [5.74, 6) is 0.535. The van der Waals surface area contributed by atoms with E-state index in [0.29, 0.717) is 23.0 Å². The quantitative estimate of drug-likeness (QED) is 0.409. The molecular weight excluding hydrogens is 436 g/mol. The molecule has 0 N–H and O–H groups in total. The monoisotopic (exact) mass is 452 g/mol. The van der Waals surface area contributed by atoms with Crippen LogP contribution in [-0.4, -0.2) is 25.9 Å². The number of rotatable bonds is 5. The van der Waals surface area contributed by atoms with Crippen LogP contribution in [0.2, 0.25) is 0 Å². The van der Waals surface area contributed by atoms with E-state index >= 15 is 0 Å². The van der Waals surface area contributed by atoms with Crippen LogP contribution in [0.5, 0.6) is 0 Å². The van der Waals surface area contributed by atoms with Gasteiger partial charge in [-0.05, 0) is 50.2 Å². The van der Waals surface area contributed by atoms with Crippen molar-refractivity contribution in [3.63, 3.8) is 0 Å². The summed E-state index contributed by atoms with van der Waals surface area (Å²) in [6.07, 6.45) is 0. The van der Waals surface area contributed by atoms with Crippen molar-refractivity contribution in [2.75, 3.05) is 0 Å². The Morgan fingerprint density at radius 3 is 2.55 bits per heavy atom. The average molecular weight is 453 g/mol. The van der Waals surface area contributed by atoms with Crippen LogP contribution in [0.1, 0.15) is 27.6 Å². The molecule has 0 aliphatic carbocycles. The fourth-order valence-electron chi connectivity index (χ4n) is 2.81. The van der Waals surface area contributed by atoms with E-state index in [1.165, 1.54) is 0 Å². The summed E-state index contributed by atoms with van der Waals surface area (Å²) in [7, 11) is 0. The Kier molecular flexibility index (Phi) is 5.26. The van der Waals surface area contributed by atoms with Crippen molar-refractivity contribution >= 4 is 21.9 Å². The maximum atomic E-state index is 12.5. The number of aryl methyl sites for hydroxylation is 1. The highest BCUT2D eigenvalue weighted by Crippen LogP contribution is 2.22. The molecule has 0 saturated carbocycles. The van der Waals surface area contributed by atoms with E-state index < -0.39 is 5.97 Å². The van der Waals surface area contributed by atoms with E-state index in [1.54, 1.807) is 18.5 Å². The molecule has 2 aromatic carbocycles. The molecular formula is C21H17BrN4O3. The molecule has 4 aromatic rings. The molecule has 0 saturated heterocycles. The maximum Gasteiger partial charge on any atom is 0.361 e. The summed E-state index contributed by atoms with van der Waals surface area (Å²) < 4.78 is 13.7. The molecule has 8 heteroatoms. The van der Waals surface area contributed by atoms with Crippen molar-refractivity contribution in [2.45, 2.75) is 20.5 Å². The van der Waals surface area contributed by atoms with Crippen LogP contribution in [-0.2, 0) is 11.3 Å². The molecule has 0 amide bonds. The number of oxazole rings is 1. The van der Waals surface area contributed by atoms with E-state index in [0.717, 1.165) is 15.7 Å². The van der Waals surface area contributed by atoms with Crippen LogP contribution in [0.15, 0.2) is 63.5 Å². The summed E-state index contributed by atoms with van der Waals surface area (Å²) in [5, 5.41) is 8.05. The summed E-state index contributed by atoms with van der Waals surface area (Å²) in [6, 6.07) is 17.1. The van der Waals surface area contributed by atoms with Crippen molar-refractivity contribution in [3.8, 4) is 17.1 Å². The van der Waals surface area contributed by atoms with Gasteiger partial charge in [0.15, 0.2) is 5.69 Å². The molecule has 7 nitrogen and oxygen atoms in total. The van der Waals surface area contributed by atoms with Crippen molar-refractivity contribution in [1.82, 2.24) is 20.0 Å². The lowest BCUT2D eigenvalue weighted by molar-refractivity contribution is 0.0459. The molecule has 0 atom stereocenters. The van der Waals surface area contributed by atoms with Crippen molar-refractivity contribution < 1.29 is 13.9 Å². The molecule has 0 bridgehead atoms. The van der Waals surface area contributed by atoms with Crippen molar-refractivity contribution in [1.29, 1.82) is 0 Å². The number of nitrogens with zero attached hydrogens (tertiary/aromatic N) is 4. The van der Waals surface area contributed by atoms with Gasteiger partial charge in [-0.1, -0.05) is 39.3 Å². The van der Waals surface area contributed by atoms with E-state index in [2.05, 4.69) is 31.2 Å². The molecule has 4 rings (SSSR count). The summed E-state index contributed by atoms with van der Waals surface area (Å²) in [6.45, 7) is 3.55. The SMILES string of the molecule is Cc1oc(-c2ccccc2)nc1COC(=O)c1nnn(-c2ccc(Br)cc2)c1C. The Morgan fingerprint density at radius 1 is 1.10 bits per heavy atom. The highest BCUT2D eigenvalue weighted by molar-refractivity contribution is 9.10. The van der Waals surface area contributed by atoms with E-state index in [4.69, 9.17) is 9.15 Å². The molecule has 0 unspecified atom stereocenters. The number of aromatic nitrogens is 4. The fraction of sp³-hybridized carbons (Fsp3) is 0.143.